The number of nitrogens with one attached hydrogen (secondary N) is 1. The number of rotatable bonds is 7. The van der Waals surface area contributed by atoms with E-state index in [4.69, 9.17) is 14.2 Å². The number of carbonyl (C=O) groups excluding carboxylic acids is 1. The molecule has 2 aromatic heterocycles. The fraction of sp³-hybridized carbons (Fsp3) is 0.217. The summed E-state index contributed by atoms with van der Waals surface area (Å²) in [6.45, 7) is 3.65. The van der Waals surface area contributed by atoms with Crippen LogP contribution < -0.4 is 15.6 Å². The van der Waals surface area contributed by atoms with Gasteiger partial charge >= 0.3 is 0 Å². The number of ether oxygens (including phenoxy) is 1. The van der Waals surface area contributed by atoms with Crippen LogP contribution in [-0.4, -0.2) is 33.0 Å². The number of aryl methyl sites for hydroxylation is 1. The first-order valence-corrected chi connectivity index (χ1v) is 10.9. The molecule has 1 N–H and O–H groups in total. The van der Waals surface area contributed by atoms with E-state index in [0.29, 0.717) is 45.5 Å². The van der Waals surface area contributed by atoms with Crippen LogP contribution in [0.5, 0.6) is 5.75 Å². The summed E-state index contributed by atoms with van der Waals surface area (Å²) in [6.07, 6.45) is 0.522. The highest BCUT2D eigenvalue weighted by molar-refractivity contribution is 8.00. The summed E-state index contributed by atoms with van der Waals surface area (Å²) < 4.78 is 11.9. The molecule has 0 aliphatic carbocycles. The van der Waals surface area contributed by atoms with Crippen molar-refractivity contribution < 1.29 is 14.1 Å². The van der Waals surface area contributed by atoms with Gasteiger partial charge in [0.05, 0.1) is 29.0 Å². The number of nitrogens with zero attached hydrogens (tertiary/aromatic N) is 3. The van der Waals surface area contributed by atoms with Gasteiger partial charge in [-0.25, -0.2) is 4.98 Å². The van der Waals surface area contributed by atoms with Crippen molar-refractivity contribution in [2.45, 2.75) is 30.7 Å². The van der Waals surface area contributed by atoms with Crippen molar-refractivity contribution in [1.82, 2.24) is 14.7 Å². The standard InChI is InChI=1S/C23H22N4O4S/c1-4-19(21(28)25-20-12-14(2)31-26-20)32-23-24-18-11-6-5-10-17(18)22(29)27(23)15-8-7-9-16(13-15)30-3/h5-13,19H,4H2,1-3H3,(H,25,26,28). The number of amides is 1. The summed E-state index contributed by atoms with van der Waals surface area (Å²) in [5.41, 5.74) is 0.966. The van der Waals surface area contributed by atoms with Crippen molar-refractivity contribution in [3.8, 4) is 11.4 Å². The summed E-state index contributed by atoms with van der Waals surface area (Å²) in [4.78, 5) is 31.1. The highest BCUT2D eigenvalue weighted by atomic mass is 32.2. The van der Waals surface area contributed by atoms with Gasteiger partial charge in [0.15, 0.2) is 11.0 Å². The lowest BCUT2D eigenvalue weighted by molar-refractivity contribution is -0.115. The lowest BCUT2D eigenvalue weighted by atomic mass is 10.2. The molecule has 0 saturated carbocycles. The van der Waals surface area contributed by atoms with E-state index in [0.717, 1.165) is 0 Å². The molecule has 2 aromatic carbocycles. The van der Waals surface area contributed by atoms with Gasteiger partial charge < -0.3 is 14.6 Å². The van der Waals surface area contributed by atoms with Crippen molar-refractivity contribution in [3.63, 3.8) is 0 Å². The van der Waals surface area contributed by atoms with Crippen molar-refractivity contribution >= 4 is 34.4 Å². The third kappa shape index (κ3) is 4.38. The Kier molecular flexibility index (Phi) is 6.27. The van der Waals surface area contributed by atoms with Crippen LogP contribution in [0, 0.1) is 6.92 Å². The zero-order valence-electron chi connectivity index (χ0n) is 17.9. The van der Waals surface area contributed by atoms with E-state index in [-0.39, 0.29) is 11.5 Å². The molecule has 0 fully saturated rings. The fourth-order valence-corrected chi connectivity index (χ4v) is 4.28. The molecule has 1 atom stereocenters. The number of carbonyl (C=O) groups is 1. The number of hydrogen-bond acceptors (Lipinski definition) is 7. The Morgan fingerprint density at radius 1 is 1.22 bits per heavy atom. The van der Waals surface area contributed by atoms with Crippen LogP contribution in [-0.2, 0) is 4.79 Å². The topological polar surface area (TPSA) is 99.2 Å². The molecule has 2 heterocycles. The molecule has 0 saturated heterocycles. The van der Waals surface area contributed by atoms with Gasteiger partial charge in [-0.05, 0) is 37.6 Å². The van der Waals surface area contributed by atoms with E-state index in [9.17, 15) is 9.59 Å². The van der Waals surface area contributed by atoms with E-state index in [1.807, 2.05) is 19.1 Å². The normalized spacial score (nSPS) is 12.0. The van der Waals surface area contributed by atoms with Crippen LogP contribution in [0.25, 0.3) is 16.6 Å². The maximum Gasteiger partial charge on any atom is 0.266 e. The third-order valence-electron chi connectivity index (χ3n) is 4.85. The van der Waals surface area contributed by atoms with Crippen LogP contribution in [0.4, 0.5) is 5.82 Å². The Bertz CT molecular complexity index is 1330. The number of hydrogen-bond donors (Lipinski definition) is 1. The minimum Gasteiger partial charge on any atom is -0.497 e. The summed E-state index contributed by atoms with van der Waals surface area (Å²) in [5.74, 6) is 1.32. The second kappa shape index (κ2) is 9.27. The van der Waals surface area contributed by atoms with Gasteiger partial charge in [-0.15, -0.1) is 0 Å². The molecule has 0 bridgehead atoms. The number of aromatic nitrogens is 3. The van der Waals surface area contributed by atoms with Gasteiger partial charge in [0.2, 0.25) is 5.91 Å². The second-order valence-corrected chi connectivity index (χ2v) is 8.25. The quantitative estimate of drug-likeness (QED) is 0.333. The zero-order valence-corrected chi connectivity index (χ0v) is 18.7. The number of anilines is 1. The smallest absolute Gasteiger partial charge is 0.266 e. The van der Waals surface area contributed by atoms with Crippen LogP contribution in [0.3, 0.4) is 0 Å². The third-order valence-corrected chi connectivity index (χ3v) is 6.16. The second-order valence-electron chi connectivity index (χ2n) is 7.08. The summed E-state index contributed by atoms with van der Waals surface area (Å²) >= 11 is 1.23. The van der Waals surface area contributed by atoms with Crippen molar-refractivity contribution in [1.29, 1.82) is 0 Å². The molecule has 4 rings (SSSR count). The van der Waals surface area contributed by atoms with E-state index in [1.54, 1.807) is 56.5 Å². The van der Waals surface area contributed by atoms with Gasteiger partial charge in [0.25, 0.3) is 5.56 Å². The predicted octanol–water partition coefficient (Wildman–Crippen LogP) is 4.20. The summed E-state index contributed by atoms with van der Waals surface area (Å²) in [7, 11) is 1.57. The largest absolute Gasteiger partial charge is 0.497 e. The monoisotopic (exact) mass is 450 g/mol. The minimum absolute atomic E-state index is 0.214. The molecule has 0 aliphatic heterocycles. The first-order chi connectivity index (χ1) is 15.5. The molecule has 164 valence electrons. The molecule has 0 radical (unpaired) electrons. The Morgan fingerprint density at radius 3 is 2.75 bits per heavy atom. The van der Waals surface area contributed by atoms with Gasteiger partial charge in [-0.2, -0.15) is 0 Å². The lowest BCUT2D eigenvalue weighted by Gasteiger charge is -2.18. The first-order valence-electron chi connectivity index (χ1n) is 10.1. The molecule has 9 heteroatoms. The van der Waals surface area contributed by atoms with Crippen molar-refractivity contribution in [2.75, 3.05) is 12.4 Å². The first kappa shape index (κ1) is 21.6. The zero-order chi connectivity index (χ0) is 22.7. The molecule has 1 unspecified atom stereocenters. The number of benzene rings is 2. The van der Waals surface area contributed by atoms with Gasteiger partial charge in [-0.1, -0.05) is 42.0 Å². The average Bonchev–Trinajstić information content (AvgIpc) is 3.21. The Balaban J connectivity index is 1.77. The van der Waals surface area contributed by atoms with E-state index >= 15 is 0 Å². The van der Waals surface area contributed by atoms with E-state index < -0.39 is 5.25 Å². The highest BCUT2D eigenvalue weighted by Gasteiger charge is 2.23. The summed E-state index contributed by atoms with van der Waals surface area (Å²) in [6, 6.07) is 16.0. The maximum absolute atomic E-state index is 13.4. The number of fused-ring (bicyclic) bond motifs is 1. The number of methoxy groups -OCH3 is 1. The predicted molar refractivity (Wildman–Crippen MR) is 124 cm³/mol. The van der Waals surface area contributed by atoms with E-state index in [1.165, 1.54) is 16.3 Å². The molecule has 0 aliphatic rings. The SMILES string of the molecule is CCC(Sc1nc2ccccc2c(=O)n1-c1cccc(OC)c1)C(=O)Nc1cc(C)on1. The van der Waals surface area contributed by atoms with Crippen LogP contribution >= 0.6 is 11.8 Å². The molecule has 1 amide bonds. The average molecular weight is 451 g/mol. The summed E-state index contributed by atoms with van der Waals surface area (Å²) in [5, 5.41) is 6.99. The van der Waals surface area contributed by atoms with Crippen LogP contribution in [0.2, 0.25) is 0 Å². The molecule has 8 nitrogen and oxygen atoms in total. The molecule has 32 heavy (non-hydrogen) atoms. The van der Waals surface area contributed by atoms with Crippen molar-refractivity contribution in [2.24, 2.45) is 0 Å². The van der Waals surface area contributed by atoms with Crippen molar-refractivity contribution in [3.05, 3.63) is 70.7 Å². The number of thioether (sulfide) groups is 1. The number of para-hydroxylation sites is 1. The Morgan fingerprint density at radius 2 is 2.03 bits per heavy atom. The fourth-order valence-electron chi connectivity index (χ4n) is 3.25. The molecular formula is C23H22N4O4S. The van der Waals surface area contributed by atoms with Gasteiger partial charge in [0, 0.05) is 12.1 Å². The molecule has 4 aromatic rings. The Hall–Kier alpha value is -3.59. The van der Waals surface area contributed by atoms with Gasteiger partial charge in [0.1, 0.15) is 11.5 Å². The molecule has 0 spiro atoms. The highest BCUT2D eigenvalue weighted by Crippen LogP contribution is 2.28. The van der Waals surface area contributed by atoms with E-state index in [2.05, 4.69) is 10.5 Å². The lowest BCUT2D eigenvalue weighted by Crippen LogP contribution is -2.27. The minimum atomic E-state index is -0.503. The molecular weight excluding hydrogens is 428 g/mol. The van der Waals surface area contributed by atoms with Gasteiger partial charge in [-0.3, -0.25) is 14.2 Å². The Labute approximate surface area is 188 Å². The maximum atomic E-state index is 13.4. The van der Waals surface area contributed by atoms with Crippen LogP contribution in [0.1, 0.15) is 19.1 Å². The van der Waals surface area contributed by atoms with Crippen LogP contribution in [0.15, 0.2) is 69.1 Å².